The van der Waals surface area contributed by atoms with Crippen molar-refractivity contribution in [3.05, 3.63) is 58.5 Å². The minimum Gasteiger partial charge on any atom is -0.468 e. The zero-order valence-corrected chi connectivity index (χ0v) is 12.4. The average molecular weight is 322 g/mol. The Bertz CT molecular complexity index is 768. The van der Waals surface area contributed by atoms with Crippen molar-refractivity contribution in [1.82, 2.24) is 4.31 Å². The van der Waals surface area contributed by atoms with Gasteiger partial charge in [-0.2, -0.15) is 4.31 Å². The molecular weight excluding hydrogens is 308 g/mol. The fourth-order valence-electron chi connectivity index (χ4n) is 2.67. The van der Waals surface area contributed by atoms with E-state index in [0.29, 0.717) is 18.7 Å². The number of nitro groups is 1. The summed E-state index contributed by atoms with van der Waals surface area (Å²) in [5.41, 5.74) is -0.136. The molecule has 2 heterocycles. The predicted octanol–water partition coefficient (Wildman–Crippen LogP) is 2.71. The van der Waals surface area contributed by atoms with Crippen molar-refractivity contribution in [1.29, 1.82) is 0 Å². The number of furan rings is 1. The van der Waals surface area contributed by atoms with Gasteiger partial charge in [0, 0.05) is 18.7 Å². The van der Waals surface area contributed by atoms with E-state index in [4.69, 9.17) is 4.42 Å². The van der Waals surface area contributed by atoms with Gasteiger partial charge in [-0.05, 0) is 37.1 Å². The Morgan fingerprint density at radius 2 is 1.95 bits per heavy atom. The van der Waals surface area contributed by atoms with Crippen LogP contribution < -0.4 is 0 Å². The summed E-state index contributed by atoms with van der Waals surface area (Å²) >= 11 is 0. The largest absolute Gasteiger partial charge is 0.468 e. The molecule has 0 amide bonds. The topological polar surface area (TPSA) is 93.7 Å². The summed E-state index contributed by atoms with van der Waals surface area (Å²) in [7, 11) is -3.71. The van der Waals surface area contributed by atoms with E-state index in [0.717, 1.165) is 6.42 Å². The van der Waals surface area contributed by atoms with Crippen LogP contribution >= 0.6 is 0 Å². The predicted molar refractivity (Wildman–Crippen MR) is 77.7 cm³/mol. The van der Waals surface area contributed by atoms with Gasteiger partial charge in [0.2, 0.25) is 10.0 Å². The summed E-state index contributed by atoms with van der Waals surface area (Å²) in [6, 6.07) is 8.10. The van der Waals surface area contributed by atoms with Crippen LogP contribution in [0.3, 0.4) is 0 Å². The summed E-state index contributed by atoms with van der Waals surface area (Å²) in [6.45, 7) is 0.407. The Hall–Kier alpha value is -2.19. The quantitative estimate of drug-likeness (QED) is 0.637. The number of nitrogens with zero attached hydrogens (tertiary/aromatic N) is 2. The Balaban J connectivity index is 1.93. The van der Waals surface area contributed by atoms with Gasteiger partial charge in [-0.3, -0.25) is 10.1 Å². The third-order valence-electron chi connectivity index (χ3n) is 3.73. The van der Waals surface area contributed by atoms with Crippen molar-refractivity contribution in [2.24, 2.45) is 0 Å². The highest BCUT2D eigenvalue weighted by atomic mass is 32.2. The molecule has 2 aromatic rings. The van der Waals surface area contributed by atoms with Crippen LogP contribution in [0, 0.1) is 10.1 Å². The van der Waals surface area contributed by atoms with E-state index < -0.39 is 14.9 Å². The number of non-ortho nitro benzene ring substituents is 1. The minimum atomic E-state index is -3.71. The van der Waals surface area contributed by atoms with Crippen molar-refractivity contribution < 1.29 is 17.8 Å². The summed E-state index contributed by atoms with van der Waals surface area (Å²) in [4.78, 5) is 10.2. The summed E-state index contributed by atoms with van der Waals surface area (Å²) in [5.74, 6) is 0.614. The second-order valence-electron chi connectivity index (χ2n) is 5.04. The number of hydrogen-bond acceptors (Lipinski definition) is 5. The summed E-state index contributed by atoms with van der Waals surface area (Å²) in [5, 5.41) is 10.7. The first-order valence-corrected chi connectivity index (χ1v) is 8.24. The van der Waals surface area contributed by atoms with E-state index in [1.54, 1.807) is 12.1 Å². The molecule has 0 spiro atoms. The normalized spacial score (nSPS) is 19.4. The van der Waals surface area contributed by atoms with Crippen molar-refractivity contribution in [3.8, 4) is 0 Å². The van der Waals surface area contributed by atoms with Gasteiger partial charge in [-0.25, -0.2) is 8.42 Å². The zero-order valence-electron chi connectivity index (χ0n) is 11.6. The van der Waals surface area contributed by atoms with E-state index in [9.17, 15) is 18.5 Å². The lowest BCUT2D eigenvalue weighted by molar-refractivity contribution is -0.384. The van der Waals surface area contributed by atoms with Gasteiger partial charge in [0.25, 0.3) is 5.69 Å². The van der Waals surface area contributed by atoms with Gasteiger partial charge in [0.05, 0.1) is 22.1 Å². The van der Waals surface area contributed by atoms with Gasteiger partial charge in [0.15, 0.2) is 0 Å². The number of nitro benzene ring substituents is 1. The van der Waals surface area contributed by atoms with Crippen LogP contribution in [0.1, 0.15) is 24.6 Å². The first-order valence-electron chi connectivity index (χ1n) is 6.80. The van der Waals surface area contributed by atoms with Gasteiger partial charge < -0.3 is 4.42 Å². The SMILES string of the molecule is O=[N+]([O-])c1ccc(S(=O)(=O)N2CCC[C@H]2c2ccco2)cc1. The van der Waals surface area contributed by atoms with Crippen LogP contribution in [0.2, 0.25) is 0 Å². The molecule has 1 aromatic carbocycles. The third-order valence-corrected chi connectivity index (χ3v) is 5.65. The average Bonchev–Trinajstić information content (AvgIpc) is 3.18. The highest BCUT2D eigenvalue weighted by Crippen LogP contribution is 2.36. The third kappa shape index (κ3) is 2.51. The first kappa shape index (κ1) is 14.7. The molecule has 0 bridgehead atoms. The zero-order chi connectivity index (χ0) is 15.7. The first-order chi connectivity index (χ1) is 10.5. The molecule has 8 heteroatoms. The molecule has 1 aliphatic heterocycles. The monoisotopic (exact) mass is 322 g/mol. The number of benzene rings is 1. The van der Waals surface area contributed by atoms with E-state index in [1.807, 2.05) is 0 Å². The van der Waals surface area contributed by atoms with Crippen molar-refractivity contribution >= 4 is 15.7 Å². The molecule has 0 unspecified atom stereocenters. The Morgan fingerprint density at radius 3 is 2.55 bits per heavy atom. The van der Waals surface area contributed by atoms with Gasteiger partial charge in [-0.15, -0.1) is 0 Å². The van der Waals surface area contributed by atoms with Gasteiger partial charge in [0.1, 0.15) is 5.76 Å². The van der Waals surface area contributed by atoms with E-state index in [-0.39, 0.29) is 16.6 Å². The van der Waals surface area contributed by atoms with Crippen LogP contribution in [0.15, 0.2) is 52.0 Å². The molecule has 1 atom stereocenters. The number of hydrogen-bond donors (Lipinski definition) is 0. The second kappa shape index (κ2) is 5.54. The number of sulfonamides is 1. The molecular formula is C14H14N2O5S. The lowest BCUT2D eigenvalue weighted by Gasteiger charge is -2.22. The van der Waals surface area contributed by atoms with Crippen LogP contribution in [0.25, 0.3) is 0 Å². The standard InChI is InChI=1S/C14H14N2O5S/c17-16(18)11-5-7-12(8-6-11)22(19,20)15-9-1-3-13(15)14-4-2-10-21-14/h2,4-8,10,13H,1,3,9H2/t13-/m0/s1. The lowest BCUT2D eigenvalue weighted by atomic mass is 10.2. The molecule has 22 heavy (non-hydrogen) atoms. The van der Waals surface area contributed by atoms with Crippen LogP contribution in [0.4, 0.5) is 5.69 Å². The summed E-state index contributed by atoms with van der Waals surface area (Å²) < 4.78 is 32.2. The maximum absolute atomic E-state index is 12.7. The smallest absolute Gasteiger partial charge is 0.269 e. The van der Waals surface area contributed by atoms with Crippen molar-refractivity contribution in [2.45, 2.75) is 23.8 Å². The minimum absolute atomic E-state index is 0.0524. The summed E-state index contributed by atoms with van der Waals surface area (Å²) in [6.07, 6.45) is 2.96. The maximum Gasteiger partial charge on any atom is 0.269 e. The van der Waals surface area contributed by atoms with Crippen molar-refractivity contribution in [3.63, 3.8) is 0 Å². The van der Waals surface area contributed by atoms with Crippen LogP contribution in [-0.2, 0) is 10.0 Å². The fourth-order valence-corrected chi connectivity index (χ4v) is 4.33. The molecule has 116 valence electrons. The molecule has 0 radical (unpaired) electrons. The van der Waals surface area contributed by atoms with E-state index in [2.05, 4.69) is 0 Å². The molecule has 7 nitrogen and oxygen atoms in total. The molecule has 1 aliphatic rings. The molecule has 1 fully saturated rings. The lowest BCUT2D eigenvalue weighted by Crippen LogP contribution is -2.30. The molecule has 0 saturated carbocycles. The Kier molecular flexibility index (Phi) is 3.71. The molecule has 1 saturated heterocycles. The maximum atomic E-state index is 12.7. The highest BCUT2D eigenvalue weighted by Gasteiger charge is 2.37. The molecule has 0 aliphatic carbocycles. The second-order valence-corrected chi connectivity index (χ2v) is 6.93. The van der Waals surface area contributed by atoms with Gasteiger partial charge in [-0.1, -0.05) is 0 Å². The fraction of sp³-hybridized carbons (Fsp3) is 0.286. The molecule has 0 N–H and O–H groups in total. The van der Waals surface area contributed by atoms with Crippen LogP contribution in [0.5, 0.6) is 0 Å². The molecule has 1 aromatic heterocycles. The van der Waals surface area contributed by atoms with Crippen molar-refractivity contribution in [2.75, 3.05) is 6.54 Å². The Morgan fingerprint density at radius 1 is 1.23 bits per heavy atom. The highest BCUT2D eigenvalue weighted by molar-refractivity contribution is 7.89. The molecule has 3 rings (SSSR count). The van der Waals surface area contributed by atoms with E-state index in [1.165, 1.54) is 34.8 Å². The van der Waals surface area contributed by atoms with Crippen LogP contribution in [-0.4, -0.2) is 24.2 Å². The van der Waals surface area contributed by atoms with Gasteiger partial charge >= 0.3 is 0 Å². The van der Waals surface area contributed by atoms with E-state index >= 15 is 0 Å². The number of rotatable bonds is 4. The Labute approximate surface area is 127 Å².